The molecular weight excluding hydrogens is 230 g/mol. The highest BCUT2D eigenvalue weighted by atomic mass is 16.5. The average molecular weight is 251 g/mol. The van der Waals surface area contributed by atoms with Crippen molar-refractivity contribution in [3.05, 3.63) is 11.3 Å². The van der Waals surface area contributed by atoms with Crippen molar-refractivity contribution in [3.8, 4) is 0 Å². The van der Waals surface area contributed by atoms with E-state index in [9.17, 15) is 4.79 Å². The molecule has 1 aromatic heterocycles. The molecule has 0 aromatic carbocycles. The summed E-state index contributed by atoms with van der Waals surface area (Å²) in [5.74, 6) is 1.05. The predicted octanol–water partition coefficient (Wildman–Crippen LogP) is 2.50. The number of nitrogens with zero attached hydrogens (tertiary/aromatic N) is 1. The van der Waals surface area contributed by atoms with Gasteiger partial charge in [0.25, 0.3) is 5.91 Å². The first kappa shape index (κ1) is 12.9. The van der Waals surface area contributed by atoms with Crippen LogP contribution in [0.3, 0.4) is 0 Å². The zero-order valence-electron chi connectivity index (χ0n) is 11.8. The Bertz CT molecular complexity index is 477. The number of aromatic nitrogens is 1. The van der Waals surface area contributed by atoms with Gasteiger partial charge in [-0.05, 0) is 0 Å². The summed E-state index contributed by atoms with van der Waals surface area (Å²) >= 11 is 0. The van der Waals surface area contributed by atoms with Crippen LogP contribution in [0, 0.1) is 5.41 Å². The fourth-order valence-corrected chi connectivity index (χ4v) is 1.92. The monoisotopic (exact) mass is 251 g/mol. The number of hydrogen-bond acceptors (Lipinski definition) is 4. The van der Waals surface area contributed by atoms with Gasteiger partial charge in [-0.25, -0.2) is 0 Å². The smallest absolute Gasteiger partial charge is 0.260 e. The topological polar surface area (TPSA) is 67.2 Å². The van der Waals surface area contributed by atoms with Crippen LogP contribution in [0.4, 0.5) is 5.82 Å². The van der Waals surface area contributed by atoms with E-state index in [2.05, 4.69) is 36.6 Å². The van der Waals surface area contributed by atoms with E-state index in [4.69, 9.17) is 4.52 Å². The maximum atomic E-state index is 12.2. The summed E-state index contributed by atoms with van der Waals surface area (Å²) in [6, 6.07) is 0. The van der Waals surface area contributed by atoms with E-state index >= 15 is 0 Å². The number of rotatable bonds is 0. The molecule has 0 bridgehead atoms. The molecule has 1 aromatic rings. The highest BCUT2D eigenvalue weighted by Crippen LogP contribution is 2.34. The first-order valence-electron chi connectivity index (χ1n) is 6.18. The number of carbonyl (C=O) groups is 1. The molecule has 1 aliphatic rings. The third-order valence-electron chi connectivity index (χ3n) is 3.02. The van der Waals surface area contributed by atoms with Crippen LogP contribution < -0.4 is 10.6 Å². The summed E-state index contributed by atoms with van der Waals surface area (Å²) < 4.78 is 5.34. The van der Waals surface area contributed by atoms with E-state index in [0.29, 0.717) is 17.1 Å². The highest BCUT2D eigenvalue weighted by Gasteiger charge is 2.38. The lowest BCUT2D eigenvalue weighted by molar-refractivity contribution is 0.0901. The molecule has 1 aliphatic heterocycles. The average Bonchev–Trinajstić information content (AvgIpc) is 2.59. The number of carbonyl (C=O) groups excluding carboxylic acids is 1. The number of hydrogen-bond donors (Lipinski definition) is 2. The first-order valence-corrected chi connectivity index (χ1v) is 6.18. The molecule has 2 N–H and O–H groups in total. The minimum absolute atomic E-state index is 0.0891. The van der Waals surface area contributed by atoms with E-state index in [0.717, 1.165) is 0 Å². The number of amides is 1. The van der Waals surface area contributed by atoms with E-state index in [1.54, 1.807) is 0 Å². The van der Waals surface area contributed by atoms with Gasteiger partial charge >= 0.3 is 0 Å². The summed E-state index contributed by atoms with van der Waals surface area (Å²) in [7, 11) is 0. The van der Waals surface area contributed by atoms with Crippen LogP contribution in [-0.2, 0) is 5.41 Å². The zero-order chi connectivity index (χ0) is 13.7. The fraction of sp³-hybridized carbons (Fsp3) is 0.692. The number of anilines is 1. The Balaban J connectivity index is 2.42. The van der Waals surface area contributed by atoms with Gasteiger partial charge in [0.2, 0.25) is 0 Å². The van der Waals surface area contributed by atoms with Gasteiger partial charge in [0.15, 0.2) is 11.6 Å². The van der Waals surface area contributed by atoms with Crippen LogP contribution in [0.2, 0.25) is 0 Å². The molecule has 2 rings (SSSR count). The Kier molecular flexibility index (Phi) is 2.68. The predicted molar refractivity (Wildman–Crippen MR) is 69.5 cm³/mol. The second-order valence-electron chi connectivity index (χ2n) is 6.90. The molecule has 1 unspecified atom stereocenters. The molecule has 0 spiro atoms. The van der Waals surface area contributed by atoms with Gasteiger partial charge in [-0.2, -0.15) is 0 Å². The molecule has 18 heavy (non-hydrogen) atoms. The van der Waals surface area contributed by atoms with Crippen LogP contribution in [0.5, 0.6) is 0 Å². The molecule has 0 saturated heterocycles. The SMILES string of the molecule is CC(C)(C)c1onc2c1C(=O)NC(C(C)(C)C)N2. The minimum atomic E-state index is -0.242. The molecule has 1 amide bonds. The number of fused-ring (bicyclic) bond motifs is 1. The quantitative estimate of drug-likeness (QED) is 0.743. The Labute approximate surface area is 107 Å². The van der Waals surface area contributed by atoms with Crippen molar-refractivity contribution in [3.63, 3.8) is 0 Å². The summed E-state index contributed by atoms with van der Waals surface area (Å²) in [6.07, 6.45) is -0.143. The lowest BCUT2D eigenvalue weighted by Gasteiger charge is -2.35. The van der Waals surface area contributed by atoms with Gasteiger partial charge in [-0.1, -0.05) is 46.7 Å². The zero-order valence-corrected chi connectivity index (χ0v) is 11.8. The fourth-order valence-electron chi connectivity index (χ4n) is 1.92. The Hall–Kier alpha value is -1.52. The van der Waals surface area contributed by atoms with Crippen LogP contribution >= 0.6 is 0 Å². The van der Waals surface area contributed by atoms with Crippen molar-refractivity contribution in [2.45, 2.75) is 53.1 Å². The van der Waals surface area contributed by atoms with Gasteiger partial charge in [0, 0.05) is 10.8 Å². The molecule has 2 heterocycles. The van der Waals surface area contributed by atoms with E-state index in [1.165, 1.54) is 0 Å². The molecule has 1 atom stereocenters. The third-order valence-corrected chi connectivity index (χ3v) is 3.02. The van der Waals surface area contributed by atoms with E-state index in [-0.39, 0.29) is 22.9 Å². The van der Waals surface area contributed by atoms with Gasteiger partial charge in [0.1, 0.15) is 11.7 Å². The van der Waals surface area contributed by atoms with Gasteiger partial charge in [0.05, 0.1) is 0 Å². The van der Waals surface area contributed by atoms with Crippen molar-refractivity contribution in [2.75, 3.05) is 5.32 Å². The van der Waals surface area contributed by atoms with E-state index in [1.807, 2.05) is 20.8 Å². The summed E-state index contributed by atoms with van der Waals surface area (Å²) in [6.45, 7) is 12.2. The molecule has 0 fully saturated rings. The lowest BCUT2D eigenvalue weighted by Crippen LogP contribution is -2.52. The van der Waals surface area contributed by atoms with Crippen molar-refractivity contribution in [1.82, 2.24) is 10.5 Å². The highest BCUT2D eigenvalue weighted by molar-refractivity contribution is 6.02. The van der Waals surface area contributed by atoms with Crippen molar-refractivity contribution in [2.24, 2.45) is 5.41 Å². The summed E-state index contributed by atoms with van der Waals surface area (Å²) in [4.78, 5) is 12.2. The normalized spacial score (nSPS) is 20.1. The Morgan fingerprint density at radius 3 is 2.22 bits per heavy atom. The third kappa shape index (κ3) is 2.09. The van der Waals surface area contributed by atoms with Crippen molar-refractivity contribution >= 4 is 11.7 Å². The summed E-state index contributed by atoms with van der Waals surface area (Å²) in [5.41, 5.74) is 0.200. The second kappa shape index (κ2) is 3.73. The molecule has 0 saturated carbocycles. The summed E-state index contributed by atoms with van der Waals surface area (Å²) in [5, 5.41) is 10.2. The Morgan fingerprint density at radius 2 is 1.72 bits per heavy atom. The standard InChI is InChI=1S/C13H21N3O2/c1-12(2,3)8-7-9(16-18-8)14-11(13(4,5)6)15-10(7)17/h11H,1-6H3,(H,14,16)(H,15,17). The van der Waals surface area contributed by atoms with Gasteiger partial charge in [-0.3, -0.25) is 4.79 Å². The maximum absolute atomic E-state index is 12.2. The van der Waals surface area contributed by atoms with Crippen LogP contribution in [0.15, 0.2) is 4.52 Å². The van der Waals surface area contributed by atoms with Crippen LogP contribution in [0.1, 0.15) is 57.7 Å². The largest absolute Gasteiger partial charge is 0.358 e. The molecule has 0 aliphatic carbocycles. The Morgan fingerprint density at radius 1 is 1.11 bits per heavy atom. The molecule has 0 radical (unpaired) electrons. The first-order chi connectivity index (χ1) is 8.10. The maximum Gasteiger partial charge on any atom is 0.260 e. The van der Waals surface area contributed by atoms with Crippen molar-refractivity contribution in [1.29, 1.82) is 0 Å². The van der Waals surface area contributed by atoms with Crippen molar-refractivity contribution < 1.29 is 9.32 Å². The molecular formula is C13H21N3O2. The second-order valence-corrected chi connectivity index (χ2v) is 6.90. The number of nitrogens with one attached hydrogen (secondary N) is 2. The van der Waals surface area contributed by atoms with Crippen LogP contribution in [0.25, 0.3) is 0 Å². The molecule has 5 heteroatoms. The molecule has 5 nitrogen and oxygen atoms in total. The van der Waals surface area contributed by atoms with Crippen LogP contribution in [-0.4, -0.2) is 17.2 Å². The molecule has 100 valence electrons. The van der Waals surface area contributed by atoms with E-state index < -0.39 is 0 Å². The van der Waals surface area contributed by atoms with Gasteiger partial charge < -0.3 is 15.2 Å². The minimum Gasteiger partial charge on any atom is -0.358 e. The lowest BCUT2D eigenvalue weighted by atomic mass is 9.87. The van der Waals surface area contributed by atoms with Gasteiger partial charge in [-0.15, -0.1) is 0 Å².